The SMILES string of the molecule is O=C(NCCCn1nc2ccccn2c1=O)c1cccc(OCc2cccnc2)c1. The van der Waals surface area contributed by atoms with Gasteiger partial charge in [-0.05, 0) is 42.8 Å². The lowest BCUT2D eigenvalue weighted by Crippen LogP contribution is -2.27. The van der Waals surface area contributed by atoms with Crippen LogP contribution >= 0.6 is 0 Å². The Labute approximate surface area is 172 Å². The largest absolute Gasteiger partial charge is 0.489 e. The predicted octanol–water partition coefficient (Wildman–Crippen LogP) is 2.29. The van der Waals surface area contributed by atoms with Gasteiger partial charge in [0, 0.05) is 42.8 Å². The summed E-state index contributed by atoms with van der Waals surface area (Å²) in [6, 6.07) is 16.2. The molecule has 0 aliphatic heterocycles. The van der Waals surface area contributed by atoms with Gasteiger partial charge in [0.2, 0.25) is 0 Å². The van der Waals surface area contributed by atoms with E-state index in [1.165, 1.54) is 9.08 Å². The maximum absolute atomic E-state index is 12.4. The van der Waals surface area contributed by atoms with Crippen LogP contribution in [-0.4, -0.2) is 31.6 Å². The number of amides is 1. The van der Waals surface area contributed by atoms with Crippen molar-refractivity contribution in [2.45, 2.75) is 19.6 Å². The first-order valence-corrected chi connectivity index (χ1v) is 9.65. The maximum atomic E-state index is 12.4. The molecule has 0 unspecified atom stereocenters. The van der Waals surface area contributed by atoms with Gasteiger partial charge in [-0.25, -0.2) is 9.48 Å². The fourth-order valence-electron chi connectivity index (χ4n) is 3.02. The first-order chi connectivity index (χ1) is 14.7. The second-order valence-corrected chi connectivity index (χ2v) is 6.72. The maximum Gasteiger partial charge on any atom is 0.350 e. The molecule has 1 amide bonds. The van der Waals surface area contributed by atoms with E-state index in [0.29, 0.717) is 43.1 Å². The van der Waals surface area contributed by atoms with Gasteiger partial charge in [0.1, 0.15) is 12.4 Å². The number of aryl methyl sites for hydroxylation is 1. The van der Waals surface area contributed by atoms with E-state index >= 15 is 0 Å². The van der Waals surface area contributed by atoms with Crippen molar-refractivity contribution in [3.05, 3.63) is 94.8 Å². The van der Waals surface area contributed by atoms with Gasteiger partial charge in [-0.15, -0.1) is 5.10 Å². The quantitative estimate of drug-likeness (QED) is 0.456. The molecule has 8 heteroatoms. The van der Waals surface area contributed by atoms with E-state index < -0.39 is 0 Å². The highest BCUT2D eigenvalue weighted by Crippen LogP contribution is 2.15. The number of aromatic nitrogens is 4. The van der Waals surface area contributed by atoms with E-state index in [0.717, 1.165) is 5.56 Å². The number of hydrogen-bond acceptors (Lipinski definition) is 5. The van der Waals surface area contributed by atoms with E-state index in [-0.39, 0.29) is 11.6 Å². The van der Waals surface area contributed by atoms with Crippen LogP contribution < -0.4 is 15.7 Å². The summed E-state index contributed by atoms with van der Waals surface area (Å²) in [5.74, 6) is 0.423. The number of ether oxygens (including phenoxy) is 1. The summed E-state index contributed by atoms with van der Waals surface area (Å²) < 4.78 is 8.65. The second-order valence-electron chi connectivity index (χ2n) is 6.72. The summed E-state index contributed by atoms with van der Waals surface area (Å²) in [5, 5.41) is 7.15. The van der Waals surface area contributed by atoms with Gasteiger partial charge in [0.05, 0.1) is 0 Å². The molecule has 8 nitrogen and oxygen atoms in total. The summed E-state index contributed by atoms with van der Waals surface area (Å²) in [7, 11) is 0. The van der Waals surface area contributed by atoms with Crippen molar-refractivity contribution < 1.29 is 9.53 Å². The highest BCUT2D eigenvalue weighted by Gasteiger charge is 2.08. The van der Waals surface area contributed by atoms with Crippen LogP contribution in [0.4, 0.5) is 0 Å². The Balaban J connectivity index is 1.28. The minimum Gasteiger partial charge on any atom is -0.489 e. The van der Waals surface area contributed by atoms with Crippen molar-refractivity contribution in [1.82, 2.24) is 24.5 Å². The highest BCUT2D eigenvalue weighted by molar-refractivity contribution is 5.94. The Morgan fingerprint density at radius 1 is 1.10 bits per heavy atom. The van der Waals surface area contributed by atoms with Crippen LogP contribution in [0.3, 0.4) is 0 Å². The van der Waals surface area contributed by atoms with Crippen LogP contribution in [0.25, 0.3) is 5.65 Å². The van der Waals surface area contributed by atoms with Gasteiger partial charge in [-0.3, -0.25) is 14.2 Å². The van der Waals surface area contributed by atoms with Crippen molar-refractivity contribution in [2.75, 3.05) is 6.54 Å². The molecular formula is C22H21N5O3. The Bertz CT molecular complexity index is 1200. The summed E-state index contributed by atoms with van der Waals surface area (Å²) in [6.07, 6.45) is 5.73. The second kappa shape index (κ2) is 9.04. The number of pyridine rings is 2. The average molecular weight is 403 g/mol. The minimum atomic E-state index is -0.191. The molecule has 0 fully saturated rings. The highest BCUT2D eigenvalue weighted by atomic mass is 16.5. The van der Waals surface area contributed by atoms with Gasteiger partial charge in [0.15, 0.2) is 5.65 Å². The normalized spacial score (nSPS) is 10.8. The first-order valence-electron chi connectivity index (χ1n) is 9.65. The van der Waals surface area contributed by atoms with Crippen LogP contribution in [0.2, 0.25) is 0 Å². The topological polar surface area (TPSA) is 90.5 Å². The minimum absolute atomic E-state index is 0.185. The Kier molecular flexibility index (Phi) is 5.84. The zero-order chi connectivity index (χ0) is 20.8. The van der Waals surface area contributed by atoms with E-state index in [4.69, 9.17) is 4.74 Å². The fraction of sp³-hybridized carbons (Fsp3) is 0.182. The van der Waals surface area contributed by atoms with E-state index in [2.05, 4.69) is 15.4 Å². The molecule has 30 heavy (non-hydrogen) atoms. The molecule has 3 aromatic heterocycles. The molecular weight excluding hydrogens is 382 g/mol. The number of rotatable bonds is 8. The molecule has 4 aromatic rings. The molecule has 1 N–H and O–H groups in total. The zero-order valence-electron chi connectivity index (χ0n) is 16.3. The Morgan fingerprint density at radius 2 is 2.03 bits per heavy atom. The monoisotopic (exact) mass is 403 g/mol. The van der Waals surface area contributed by atoms with Crippen molar-refractivity contribution >= 4 is 11.6 Å². The van der Waals surface area contributed by atoms with Gasteiger partial charge in [-0.1, -0.05) is 18.2 Å². The van der Waals surface area contributed by atoms with Crippen LogP contribution in [-0.2, 0) is 13.2 Å². The summed E-state index contributed by atoms with van der Waals surface area (Å²) >= 11 is 0. The molecule has 0 bridgehead atoms. The first kappa shape index (κ1) is 19.4. The van der Waals surface area contributed by atoms with Gasteiger partial charge < -0.3 is 10.1 Å². The molecule has 0 saturated heterocycles. The van der Waals surface area contributed by atoms with Crippen molar-refractivity contribution in [2.24, 2.45) is 0 Å². The molecule has 0 saturated carbocycles. The zero-order valence-corrected chi connectivity index (χ0v) is 16.3. The lowest BCUT2D eigenvalue weighted by atomic mass is 10.2. The van der Waals surface area contributed by atoms with Crippen LogP contribution in [0.15, 0.2) is 78.0 Å². The smallest absolute Gasteiger partial charge is 0.350 e. The van der Waals surface area contributed by atoms with Gasteiger partial charge in [-0.2, -0.15) is 0 Å². The third kappa shape index (κ3) is 4.54. The summed E-state index contributed by atoms with van der Waals surface area (Å²) in [4.78, 5) is 28.7. The molecule has 0 spiro atoms. The van der Waals surface area contributed by atoms with Crippen LogP contribution in [0, 0.1) is 0 Å². The van der Waals surface area contributed by atoms with Crippen molar-refractivity contribution in [3.8, 4) is 5.75 Å². The van der Waals surface area contributed by atoms with E-state index in [9.17, 15) is 9.59 Å². The number of carbonyl (C=O) groups is 1. The number of carbonyl (C=O) groups excluding carboxylic acids is 1. The standard InChI is InChI=1S/C22H21N5O3/c28-21(18-7-3-8-19(14-18)30-16-17-6-4-10-23-15-17)24-11-5-13-27-22(29)26-12-2-1-9-20(26)25-27/h1-4,6-10,12,14-15H,5,11,13,16H2,(H,24,28). The van der Waals surface area contributed by atoms with Crippen molar-refractivity contribution in [1.29, 1.82) is 0 Å². The number of fused-ring (bicyclic) bond motifs is 1. The molecule has 0 radical (unpaired) electrons. The predicted molar refractivity (Wildman–Crippen MR) is 111 cm³/mol. The molecule has 1 aromatic carbocycles. The summed E-state index contributed by atoms with van der Waals surface area (Å²) in [6.45, 7) is 1.24. The lowest BCUT2D eigenvalue weighted by molar-refractivity contribution is 0.0952. The van der Waals surface area contributed by atoms with Crippen LogP contribution in [0.5, 0.6) is 5.75 Å². The third-order valence-electron chi connectivity index (χ3n) is 4.55. The fourth-order valence-corrected chi connectivity index (χ4v) is 3.02. The average Bonchev–Trinajstić information content (AvgIpc) is 3.12. The number of hydrogen-bond donors (Lipinski definition) is 1. The Hall–Kier alpha value is -3.94. The molecule has 0 aliphatic carbocycles. The van der Waals surface area contributed by atoms with E-state index in [1.54, 1.807) is 48.9 Å². The molecule has 152 valence electrons. The van der Waals surface area contributed by atoms with Gasteiger partial charge >= 0.3 is 5.69 Å². The number of nitrogens with zero attached hydrogens (tertiary/aromatic N) is 4. The van der Waals surface area contributed by atoms with Crippen LogP contribution in [0.1, 0.15) is 22.3 Å². The molecule has 0 aliphatic rings. The third-order valence-corrected chi connectivity index (χ3v) is 4.55. The van der Waals surface area contributed by atoms with Gasteiger partial charge in [0.25, 0.3) is 5.91 Å². The van der Waals surface area contributed by atoms with E-state index in [1.807, 2.05) is 24.3 Å². The molecule has 3 heterocycles. The Morgan fingerprint density at radius 3 is 2.87 bits per heavy atom. The molecule has 0 atom stereocenters. The lowest BCUT2D eigenvalue weighted by Gasteiger charge is -2.09. The number of benzene rings is 1. The number of nitrogens with one attached hydrogen (secondary N) is 1. The summed E-state index contributed by atoms with van der Waals surface area (Å²) in [5.41, 5.74) is 1.89. The van der Waals surface area contributed by atoms with Crippen molar-refractivity contribution in [3.63, 3.8) is 0 Å². The molecule has 4 rings (SSSR count).